The zero-order valence-corrected chi connectivity index (χ0v) is 7.60. The van der Waals surface area contributed by atoms with E-state index in [4.69, 9.17) is 0 Å². The summed E-state index contributed by atoms with van der Waals surface area (Å²) in [4.78, 5) is 11.0. The maximum absolute atomic E-state index is 13.4. The van der Waals surface area contributed by atoms with Gasteiger partial charge in [-0.05, 0) is 18.1 Å². The summed E-state index contributed by atoms with van der Waals surface area (Å²) in [6.45, 7) is 1.79. The Bertz CT molecular complexity index is 401. The molecule has 2 nitrogen and oxygen atoms in total. The standard InChI is InChI=1S/C10H9F2NO/c1-2-6-4-3-5-7-8(6)10(11,12)9(14)13-7/h3-5H,2H2,1H3,(H,13,14). The Kier molecular flexibility index (Phi) is 1.80. The molecule has 0 bridgehead atoms. The fraction of sp³-hybridized carbons (Fsp3) is 0.300. The maximum Gasteiger partial charge on any atom is 0.352 e. The van der Waals surface area contributed by atoms with Crippen LogP contribution in [0.25, 0.3) is 0 Å². The lowest BCUT2D eigenvalue weighted by Crippen LogP contribution is -2.24. The van der Waals surface area contributed by atoms with Crippen molar-refractivity contribution in [2.75, 3.05) is 5.32 Å². The Morgan fingerprint density at radius 2 is 2.14 bits per heavy atom. The molecule has 0 radical (unpaired) electrons. The van der Waals surface area contributed by atoms with Crippen molar-refractivity contribution in [1.29, 1.82) is 0 Å². The second-order valence-corrected chi connectivity index (χ2v) is 3.22. The molecule has 1 N–H and O–H groups in total. The van der Waals surface area contributed by atoms with Gasteiger partial charge in [0.25, 0.3) is 5.91 Å². The molecule has 1 amide bonds. The van der Waals surface area contributed by atoms with Crippen molar-refractivity contribution >= 4 is 11.6 Å². The van der Waals surface area contributed by atoms with Gasteiger partial charge in [-0.25, -0.2) is 0 Å². The van der Waals surface area contributed by atoms with Gasteiger partial charge < -0.3 is 5.32 Å². The van der Waals surface area contributed by atoms with Gasteiger partial charge in [0.15, 0.2) is 0 Å². The lowest BCUT2D eigenvalue weighted by molar-refractivity contribution is -0.139. The summed E-state index contributed by atoms with van der Waals surface area (Å²) in [6.07, 6.45) is 0.494. The molecule has 0 fully saturated rings. The van der Waals surface area contributed by atoms with Crippen LogP contribution >= 0.6 is 0 Å². The van der Waals surface area contributed by atoms with Crippen LogP contribution in [0.15, 0.2) is 18.2 Å². The van der Waals surface area contributed by atoms with Crippen molar-refractivity contribution in [2.24, 2.45) is 0 Å². The van der Waals surface area contributed by atoms with Crippen molar-refractivity contribution in [1.82, 2.24) is 0 Å². The summed E-state index contributed by atoms with van der Waals surface area (Å²) < 4.78 is 26.7. The molecule has 0 unspecified atom stereocenters. The Morgan fingerprint density at radius 1 is 1.43 bits per heavy atom. The second kappa shape index (κ2) is 2.77. The van der Waals surface area contributed by atoms with Gasteiger partial charge in [-0.15, -0.1) is 0 Å². The normalized spacial score (nSPS) is 17.8. The largest absolute Gasteiger partial charge is 0.352 e. The van der Waals surface area contributed by atoms with Crippen molar-refractivity contribution in [2.45, 2.75) is 19.3 Å². The van der Waals surface area contributed by atoms with Crippen LogP contribution in [0.3, 0.4) is 0 Å². The number of benzene rings is 1. The van der Waals surface area contributed by atoms with Crippen molar-refractivity contribution < 1.29 is 13.6 Å². The summed E-state index contributed by atoms with van der Waals surface area (Å²) in [6, 6.07) is 4.78. The summed E-state index contributed by atoms with van der Waals surface area (Å²) in [7, 11) is 0. The monoisotopic (exact) mass is 197 g/mol. The van der Waals surface area contributed by atoms with E-state index in [9.17, 15) is 13.6 Å². The Morgan fingerprint density at radius 3 is 2.79 bits per heavy atom. The topological polar surface area (TPSA) is 29.1 Å². The van der Waals surface area contributed by atoms with Crippen LogP contribution in [0.1, 0.15) is 18.1 Å². The highest BCUT2D eigenvalue weighted by Gasteiger charge is 2.49. The number of rotatable bonds is 1. The van der Waals surface area contributed by atoms with Gasteiger partial charge in [0.1, 0.15) is 0 Å². The van der Waals surface area contributed by atoms with Gasteiger partial charge in [-0.1, -0.05) is 19.1 Å². The molecule has 1 aliphatic heterocycles. The first kappa shape index (κ1) is 9.12. The molecule has 4 heteroatoms. The highest BCUT2D eigenvalue weighted by atomic mass is 19.3. The minimum absolute atomic E-state index is 0.160. The Balaban J connectivity index is 2.66. The van der Waals surface area contributed by atoms with E-state index in [-0.39, 0.29) is 11.3 Å². The number of alkyl halides is 2. The number of hydrogen-bond acceptors (Lipinski definition) is 1. The van der Waals surface area contributed by atoms with Gasteiger partial charge >= 0.3 is 5.92 Å². The van der Waals surface area contributed by atoms with E-state index in [0.29, 0.717) is 12.0 Å². The van der Waals surface area contributed by atoms with Crippen molar-refractivity contribution in [3.8, 4) is 0 Å². The highest BCUT2D eigenvalue weighted by Crippen LogP contribution is 2.42. The SMILES string of the molecule is CCc1cccc2c1C(F)(F)C(=O)N2. The van der Waals surface area contributed by atoms with Gasteiger partial charge in [0.2, 0.25) is 0 Å². The molecule has 14 heavy (non-hydrogen) atoms. The van der Waals surface area contributed by atoms with Crippen molar-refractivity contribution in [3.05, 3.63) is 29.3 Å². The van der Waals surface area contributed by atoms with E-state index < -0.39 is 11.8 Å². The molecular formula is C10H9F2NO. The molecule has 1 aromatic carbocycles. The Labute approximate surface area is 79.9 Å². The van der Waals surface area contributed by atoms with Crippen LogP contribution in [0.2, 0.25) is 0 Å². The number of aryl methyl sites for hydroxylation is 1. The smallest absolute Gasteiger partial charge is 0.320 e. The fourth-order valence-corrected chi connectivity index (χ4v) is 1.68. The summed E-state index contributed by atoms with van der Waals surface area (Å²) >= 11 is 0. The van der Waals surface area contributed by atoms with Gasteiger partial charge in [0, 0.05) is 0 Å². The minimum Gasteiger partial charge on any atom is -0.320 e. The molecule has 0 aromatic heterocycles. The van der Waals surface area contributed by atoms with Gasteiger partial charge in [0.05, 0.1) is 11.3 Å². The third-order valence-electron chi connectivity index (χ3n) is 2.38. The molecular weight excluding hydrogens is 188 g/mol. The number of amides is 1. The fourth-order valence-electron chi connectivity index (χ4n) is 1.68. The molecule has 1 aliphatic rings. The van der Waals surface area contributed by atoms with E-state index in [1.807, 2.05) is 0 Å². The van der Waals surface area contributed by atoms with E-state index in [2.05, 4.69) is 5.32 Å². The molecule has 0 aliphatic carbocycles. The summed E-state index contributed by atoms with van der Waals surface area (Å²) in [5, 5.41) is 2.17. The van der Waals surface area contributed by atoms with E-state index in [1.54, 1.807) is 19.1 Å². The van der Waals surface area contributed by atoms with Crippen LogP contribution in [-0.4, -0.2) is 5.91 Å². The van der Waals surface area contributed by atoms with Crippen LogP contribution < -0.4 is 5.32 Å². The predicted octanol–water partition coefficient (Wildman–Crippen LogP) is 2.29. The van der Waals surface area contributed by atoms with E-state index in [0.717, 1.165) is 0 Å². The molecule has 0 atom stereocenters. The predicted molar refractivity (Wildman–Crippen MR) is 48.3 cm³/mol. The van der Waals surface area contributed by atoms with Crippen LogP contribution in [0.5, 0.6) is 0 Å². The van der Waals surface area contributed by atoms with Crippen LogP contribution in [0.4, 0.5) is 14.5 Å². The first-order valence-electron chi connectivity index (χ1n) is 4.39. The first-order valence-corrected chi connectivity index (χ1v) is 4.39. The van der Waals surface area contributed by atoms with Crippen LogP contribution in [-0.2, 0) is 17.1 Å². The zero-order chi connectivity index (χ0) is 10.3. The number of carbonyl (C=O) groups excluding carboxylic acids is 1. The lowest BCUT2D eigenvalue weighted by Gasteiger charge is -2.10. The van der Waals surface area contributed by atoms with Gasteiger partial charge in [-0.3, -0.25) is 4.79 Å². The number of hydrogen-bond donors (Lipinski definition) is 1. The average Bonchev–Trinajstić information content (AvgIpc) is 2.38. The highest BCUT2D eigenvalue weighted by molar-refractivity contribution is 6.04. The molecule has 0 saturated carbocycles. The van der Waals surface area contributed by atoms with Gasteiger partial charge in [-0.2, -0.15) is 8.78 Å². The molecule has 2 rings (SSSR count). The number of anilines is 1. The lowest BCUT2D eigenvalue weighted by atomic mass is 10.0. The number of nitrogens with one attached hydrogen (secondary N) is 1. The molecule has 1 aromatic rings. The second-order valence-electron chi connectivity index (χ2n) is 3.22. The molecule has 1 heterocycles. The molecule has 0 spiro atoms. The molecule has 74 valence electrons. The summed E-state index contributed by atoms with van der Waals surface area (Å²) in [5.41, 5.74) is 0.595. The van der Waals surface area contributed by atoms with Crippen LogP contribution in [0, 0.1) is 0 Å². The third-order valence-corrected chi connectivity index (χ3v) is 2.38. The summed E-state index contributed by atoms with van der Waals surface area (Å²) in [5.74, 6) is -4.60. The number of carbonyl (C=O) groups is 1. The Hall–Kier alpha value is -1.45. The average molecular weight is 197 g/mol. The maximum atomic E-state index is 13.4. The van der Waals surface area contributed by atoms with E-state index >= 15 is 0 Å². The number of fused-ring (bicyclic) bond motifs is 1. The molecule has 0 saturated heterocycles. The van der Waals surface area contributed by atoms with Crippen molar-refractivity contribution in [3.63, 3.8) is 0 Å². The third kappa shape index (κ3) is 1.03. The number of halogens is 2. The zero-order valence-electron chi connectivity index (χ0n) is 7.60. The minimum atomic E-state index is -3.37. The van der Waals surface area contributed by atoms with E-state index in [1.165, 1.54) is 6.07 Å². The first-order chi connectivity index (χ1) is 6.57. The quantitative estimate of drug-likeness (QED) is 0.735.